The molecule has 1 aromatic rings. The lowest BCUT2D eigenvalue weighted by atomic mass is 9.83. The summed E-state index contributed by atoms with van der Waals surface area (Å²) in [5.41, 5.74) is -1.37. The zero-order valence-corrected chi connectivity index (χ0v) is 15.1. The van der Waals surface area contributed by atoms with Crippen molar-refractivity contribution >= 4 is 29.3 Å². The first-order chi connectivity index (χ1) is 11.8. The summed E-state index contributed by atoms with van der Waals surface area (Å²) in [7, 11) is 2.74. The van der Waals surface area contributed by atoms with E-state index in [1.54, 1.807) is 6.92 Å². The van der Waals surface area contributed by atoms with Crippen LogP contribution in [0.5, 0.6) is 0 Å². The number of carbonyl (C=O) groups excluding carboxylic acids is 2. The first-order valence-electron chi connectivity index (χ1n) is 8.22. The van der Waals surface area contributed by atoms with Crippen LogP contribution < -0.4 is 16.2 Å². The summed E-state index contributed by atoms with van der Waals surface area (Å²) in [6.45, 7) is 1.65. The molecule has 0 spiro atoms. The van der Waals surface area contributed by atoms with Gasteiger partial charge in [-0.15, -0.1) is 0 Å². The van der Waals surface area contributed by atoms with Crippen LogP contribution in [-0.2, 0) is 19.7 Å². The fraction of sp³-hybridized carbons (Fsp3) is 0.625. The van der Waals surface area contributed by atoms with Gasteiger partial charge in [0.05, 0.1) is 18.2 Å². The third-order valence-corrected chi connectivity index (χ3v) is 5.41. The Balaban J connectivity index is 2.17. The summed E-state index contributed by atoms with van der Waals surface area (Å²) in [5.74, 6) is -0.822. The number of anilines is 1. The summed E-state index contributed by atoms with van der Waals surface area (Å²) in [6.07, 6.45) is 3.09. The van der Waals surface area contributed by atoms with Gasteiger partial charge >= 0.3 is 5.97 Å². The van der Waals surface area contributed by atoms with Gasteiger partial charge in [-0.3, -0.25) is 14.2 Å². The Bertz CT molecular complexity index is 789. The van der Waals surface area contributed by atoms with Crippen LogP contribution in [0.4, 0.5) is 5.82 Å². The quantitative estimate of drug-likeness (QED) is 0.768. The van der Waals surface area contributed by atoms with Crippen LogP contribution in [-0.4, -0.2) is 41.6 Å². The van der Waals surface area contributed by atoms with E-state index in [1.807, 2.05) is 0 Å². The first kappa shape index (κ1) is 17.7. The molecule has 0 saturated heterocycles. The molecule has 2 heterocycles. The van der Waals surface area contributed by atoms with Gasteiger partial charge in [0.25, 0.3) is 5.56 Å². The molecular formula is C16H21ClN4O4. The SMILES string of the molecule is CNC(=O)[C@]1(C)C[C@@H](C(=O)OC)n2c1c(Cl)nc(NC1CCC1)c2=O. The van der Waals surface area contributed by atoms with Gasteiger partial charge in [-0.05, 0) is 32.6 Å². The molecule has 8 nitrogen and oxygen atoms in total. The van der Waals surface area contributed by atoms with E-state index in [0.29, 0.717) is 0 Å². The van der Waals surface area contributed by atoms with Gasteiger partial charge in [-0.25, -0.2) is 9.78 Å². The molecule has 1 aliphatic carbocycles. The van der Waals surface area contributed by atoms with Crippen molar-refractivity contribution in [2.75, 3.05) is 19.5 Å². The molecular weight excluding hydrogens is 348 g/mol. The Morgan fingerprint density at radius 2 is 2.08 bits per heavy atom. The summed E-state index contributed by atoms with van der Waals surface area (Å²) >= 11 is 6.35. The summed E-state index contributed by atoms with van der Waals surface area (Å²) in [6, 6.07) is -0.740. The number of ether oxygens (including phenoxy) is 1. The van der Waals surface area contributed by atoms with Crippen molar-refractivity contribution in [1.82, 2.24) is 14.9 Å². The van der Waals surface area contributed by atoms with E-state index in [2.05, 4.69) is 15.6 Å². The van der Waals surface area contributed by atoms with E-state index in [-0.39, 0.29) is 35.0 Å². The van der Waals surface area contributed by atoms with Crippen LogP contribution in [0.3, 0.4) is 0 Å². The summed E-state index contributed by atoms with van der Waals surface area (Å²) in [4.78, 5) is 41.8. The lowest BCUT2D eigenvalue weighted by molar-refractivity contribution is -0.144. The van der Waals surface area contributed by atoms with Crippen molar-refractivity contribution in [2.24, 2.45) is 0 Å². The van der Waals surface area contributed by atoms with E-state index < -0.39 is 23.0 Å². The number of likely N-dealkylation sites (N-methyl/N-ethyl adjacent to an activating group) is 1. The Labute approximate surface area is 149 Å². The van der Waals surface area contributed by atoms with Crippen LogP contribution >= 0.6 is 11.6 Å². The lowest BCUT2D eigenvalue weighted by Crippen LogP contribution is -2.40. The van der Waals surface area contributed by atoms with Crippen LogP contribution in [0.15, 0.2) is 4.79 Å². The number of aromatic nitrogens is 2. The molecule has 2 N–H and O–H groups in total. The van der Waals surface area contributed by atoms with Gasteiger partial charge in [-0.2, -0.15) is 0 Å². The topological polar surface area (TPSA) is 102 Å². The number of carbonyl (C=O) groups is 2. The maximum absolute atomic E-state index is 13.0. The third-order valence-electron chi connectivity index (χ3n) is 5.15. The second kappa shape index (κ2) is 6.33. The molecule has 9 heteroatoms. The molecule has 0 bridgehead atoms. The number of rotatable bonds is 4. The molecule has 1 saturated carbocycles. The smallest absolute Gasteiger partial charge is 0.329 e. The largest absolute Gasteiger partial charge is 0.467 e. The number of halogens is 1. The van der Waals surface area contributed by atoms with Gasteiger partial charge in [-0.1, -0.05) is 11.6 Å². The number of amides is 1. The fourth-order valence-corrected chi connectivity index (χ4v) is 3.90. The molecule has 2 atom stereocenters. The van der Waals surface area contributed by atoms with Crippen LogP contribution in [0, 0.1) is 0 Å². The molecule has 1 aromatic heterocycles. The van der Waals surface area contributed by atoms with Crippen LogP contribution in [0.1, 0.15) is 44.3 Å². The molecule has 3 rings (SSSR count). The second-order valence-corrected chi connectivity index (χ2v) is 7.06. The lowest BCUT2D eigenvalue weighted by Gasteiger charge is -2.27. The average Bonchev–Trinajstić information content (AvgIpc) is 2.89. The van der Waals surface area contributed by atoms with Crippen LogP contribution in [0.2, 0.25) is 5.15 Å². The zero-order valence-electron chi connectivity index (χ0n) is 14.4. The Morgan fingerprint density at radius 3 is 2.60 bits per heavy atom. The van der Waals surface area contributed by atoms with Crippen LogP contribution in [0.25, 0.3) is 0 Å². The number of fused-ring (bicyclic) bond motifs is 1. The zero-order chi connectivity index (χ0) is 18.4. The maximum Gasteiger partial charge on any atom is 0.329 e. The monoisotopic (exact) mass is 368 g/mol. The highest BCUT2D eigenvalue weighted by Crippen LogP contribution is 2.43. The molecule has 25 heavy (non-hydrogen) atoms. The van der Waals surface area contributed by atoms with Crippen molar-refractivity contribution in [1.29, 1.82) is 0 Å². The van der Waals surface area contributed by atoms with E-state index in [9.17, 15) is 14.4 Å². The molecule has 2 aliphatic rings. The molecule has 0 aromatic carbocycles. The van der Waals surface area contributed by atoms with Crippen molar-refractivity contribution in [3.05, 3.63) is 21.2 Å². The van der Waals surface area contributed by atoms with Crippen molar-refractivity contribution in [3.63, 3.8) is 0 Å². The number of esters is 1. The molecule has 0 unspecified atom stereocenters. The molecule has 1 fully saturated rings. The number of hydrogen-bond acceptors (Lipinski definition) is 6. The third kappa shape index (κ3) is 2.68. The maximum atomic E-state index is 13.0. The molecule has 1 aliphatic heterocycles. The van der Waals surface area contributed by atoms with Crippen molar-refractivity contribution in [3.8, 4) is 0 Å². The normalized spacial score (nSPS) is 25.0. The predicted molar refractivity (Wildman–Crippen MR) is 91.9 cm³/mol. The van der Waals surface area contributed by atoms with Gasteiger partial charge in [0, 0.05) is 13.1 Å². The standard InChI is InChI=1S/C16H21ClN4O4/c1-16(15(24)18-2)7-9(14(23)25-3)21-10(16)11(17)20-12(13(21)22)19-8-5-4-6-8/h8-9H,4-7H2,1-3H3,(H,18,24)(H,19,20)/t9-,16+/m0/s1. The van der Waals surface area contributed by atoms with Gasteiger partial charge in [0.2, 0.25) is 5.91 Å². The van der Waals surface area contributed by atoms with E-state index >= 15 is 0 Å². The predicted octanol–water partition coefficient (Wildman–Crippen LogP) is 0.983. The first-order valence-corrected chi connectivity index (χ1v) is 8.60. The number of hydrogen-bond donors (Lipinski definition) is 2. The molecule has 136 valence electrons. The van der Waals surface area contributed by atoms with Gasteiger partial charge in [0.15, 0.2) is 11.0 Å². The number of nitrogens with zero attached hydrogens (tertiary/aromatic N) is 2. The minimum absolute atomic E-state index is 0.0407. The molecule has 1 amide bonds. The highest BCUT2D eigenvalue weighted by atomic mass is 35.5. The summed E-state index contributed by atoms with van der Waals surface area (Å²) < 4.78 is 6.09. The van der Waals surface area contributed by atoms with E-state index in [0.717, 1.165) is 19.3 Å². The minimum Gasteiger partial charge on any atom is -0.467 e. The fourth-order valence-electron chi connectivity index (χ4n) is 3.52. The highest BCUT2D eigenvalue weighted by Gasteiger charge is 2.51. The Hall–Kier alpha value is -2.09. The number of nitrogens with one attached hydrogen (secondary N) is 2. The molecule has 0 radical (unpaired) electrons. The van der Waals surface area contributed by atoms with Crippen molar-refractivity contribution in [2.45, 2.75) is 50.1 Å². The van der Waals surface area contributed by atoms with Crippen molar-refractivity contribution < 1.29 is 14.3 Å². The number of methoxy groups -OCH3 is 1. The average molecular weight is 369 g/mol. The minimum atomic E-state index is -1.15. The Morgan fingerprint density at radius 1 is 1.40 bits per heavy atom. The Kier molecular flexibility index (Phi) is 4.49. The highest BCUT2D eigenvalue weighted by molar-refractivity contribution is 6.30. The second-order valence-electron chi connectivity index (χ2n) is 6.70. The van der Waals surface area contributed by atoms with Gasteiger partial charge in [0.1, 0.15) is 6.04 Å². The summed E-state index contributed by atoms with van der Waals surface area (Å²) in [5, 5.41) is 5.69. The van der Waals surface area contributed by atoms with Gasteiger partial charge < -0.3 is 15.4 Å². The van der Waals surface area contributed by atoms with E-state index in [4.69, 9.17) is 16.3 Å². The van der Waals surface area contributed by atoms with E-state index in [1.165, 1.54) is 18.7 Å².